The van der Waals surface area contributed by atoms with Gasteiger partial charge >= 0.3 is 0 Å². The van der Waals surface area contributed by atoms with Crippen molar-refractivity contribution in [3.8, 4) is 5.75 Å². The summed E-state index contributed by atoms with van der Waals surface area (Å²) in [6.45, 7) is 7.34. The van der Waals surface area contributed by atoms with Gasteiger partial charge in [0.1, 0.15) is 5.75 Å². The SMILES string of the molecule is COc1ccc(C(=O)c2c(C)n(CCN3CCOCC3)c3ccc(Br)cc23)cc1. The summed E-state index contributed by atoms with van der Waals surface area (Å²) >= 11 is 3.57. The maximum Gasteiger partial charge on any atom is 0.195 e. The number of methoxy groups -OCH3 is 1. The van der Waals surface area contributed by atoms with Crippen molar-refractivity contribution in [3.63, 3.8) is 0 Å². The van der Waals surface area contributed by atoms with Crippen molar-refractivity contribution in [2.45, 2.75) is 13.5 Å². The molecule has 0 unspecified atom stereocenters. The summed E-state index contributed by atoms with van der Waals surface area (Å²) < 4.78 is 13.9. The number of halogens is 1. The molecule has 0 N–H and O–H groups in total. The summed E-state index contributed by atoms with van der Waals surface area (Å²) in [7, 11) is 1.63. The highest BCUT2D eigenvalue weighted by Crippen LogP contribution is 2.31. The fraction of sp³-hybridized carbons (Fsp3) is 0.348. The van der Waals surface area contributed by atoms with E-state index in [4.69, 9.17) is 9.47 Å². The molecule has 4 rings (SSSR count). The largest absolute Gasteiger partial charge is 0.497 e. The second-order valence-corrected chi connectivity index (χ2v) is 8.20. The van der Waals surface area contributed by atoms with Gasteiger partial charge in [0.15, 0.2) is 5.78 Å². The summed E-state index contributed by atoms with van der Waals surface area (Å²) in [5.74, 6) is 0.785. The van der Waals surface area contributed by atoms with Crippen molar-refractivity contribution < 1.29 is 14.3 Å². The molecular formula is C23H25BrN2O3. The van der Waals surface area contributed by atoms with Gasteiger partial charge in [0, 0.05) is 52.8 Å². The van der Waals surface area contributed by atoms with Crippen molar-refractivity contribution in [2.24, 2.45) is 0 Å². The summed E-state index contributed by atoms with van der Waals surface area (Å²) in [6.07, 6.45) is 0. The third-order valence-corrected chi connectivity index (χ3v) is 6.10. The Morgan fingerprint density at radius 2 is 1.83 bits per heavy atom. The van der Waals surface area contributed by atoms with Gasteiger partial charge in [0.2, 0.25) is 0 Å². The first-order chi connectivity index (χ1) is 14.1. The van der Waals surface area contributed by atoms with Crippen LogP contribution in [0.4, 0.5) is 0 Å². The van der Waals surface area contributed by atoms with Crippen LogP contribution in [0.25, 0.3) is 10.9 Å². The molecular weight excluding hydrogens is 432 g/mol. The summed E-state index contributed by atoms with van der Waals surface area (Å²) in [4.78, 5) is 15.8. The average Bonchev–Trinajstić information content (AvgIpc) is 3.02. The second kappa shape index (κ2) is 8.69. The fourth-order valence-corrected chi connectivity index (χ4v) is 4.34. The number of hydrogen-bond acceptors (Lipinski definition) is 4. The standard InChI is InChI=1S/C23H25BrN2O3/c1-16-22(23(27)17-3-6-19(28-2)7-4-17)20-15-18(24)5-8-21(20)26(16)10-9-25-11-13-29-14-12-25/h3-8,15H,9-14H2,1-2H3. The predicted molar refractivity (Wildman–Crippen MR) is 118 cm³/mol. The number of fused-ring (bicyclic) bond motifs is 1. The van der Waals surface area contributed by atoms with E-state index in [0.717, 1.165) is 71.8 Å². The van der Waals surface area contributed by atoms with Crippen LogP contribution in [0.1, 0.15) is 21.6 Å². The third-order valence-electron chi connectivity index (χ3n) is 5.61. The van der Waals surface area contributed by atoms with Crippen LogP contribution < -0.4 is 4.74 Å². The summed E-state index contributed by atoms with van der Waals surface area (Å²) in [6, 6.07) is 13.5. The molecule has 0 radical (unpaired) electrons. The molecule has 0 atom stereocenters. The number of ketones is 1. The van der Waals surface area contributed by atoms with E-state index in [9.17, 15) is 4.79 Å². The molecule has 6 heteroatoms. The highest BCUT2D eigenvalue weighted by atomic mass is 79.9. The van der Waals surface area contributed by atoms with Gasteiger partial charge in [0.05, 0.1) is 25.9 Å². The first kappa shape index (κ1) is 20.1. The number of carbonyl (C=O) groups excluding carboxylic acids is 1. The minimum Gasteiger partial charge on any atom is -0.497 e. The number of hydrogen-bond donors (Lipinski definition) is 0. The van der Waals surface area contributed by atoms with Crippen molar-refractivity contribution in [1.82, 2.24) is 9.47 Å². The van der Waals surface area contributed by atoms with Gasteiger partial charge in [-0.3, -0.25) is 9.69 Å². The maximum absolute atomic E-state index is 13.4. The zero-order chi connectivity index (χ0) is 20.4. The molecule has 0 amide bonds. The van der Waals surface area contributed by atoms with Crippen LogP contribution >= 0.6 is 15.9 Å². The highest BCUT2D eigenvalue weighted by molar-refractivity contribution is 9.10. The van der Waals surface area contributed by atoms with Crippen LogP contribution in [-0.2, 0) is 11.3 Å². The molecule has 2 aromatic carbocycles. The molecule has 0 spiro atoms. The summed E-state index contributed by atoms with van der Waals surface area (Å²) in [5.41, 5.74) is 3.54. The van der Waals surface area contributed by atoms with E-state index in [1.807, 2.05) is 43.3 Å². The third kappa shape index (κ3) is 4.10. The van der Waals surface area contributed by atoms with Gasteiger partial charge in [-0.25, -0.2) is 0 Å². The van der Waals surface area contributed by atoms with E-state index in [-0.39, 0.29) is 5.78 Å². The smallest absolute Gasteiger partial charge is 0.195 e. The first-order valence-electron chi connectivity index (χ1n) is 9.85. The number of rotatable bonds is 6. The molecule has 29 heavy (non-hydrogen) atoms. The van der Waals surface area contributed by atoms with Gasteiger partial charge in [-0.15, -0.1) is 0 Å². The number of carbonyl (C=O) groups is 1. The Hall–Kier alpha value is -2.15. The second-order valence-electron chi connectivity index (χ2n) is 7.29. The van der Waals surface area contributed by atoms with Crippen molar-refractivity contribution in [2.75, 3.05) is 40.0 Å². The van der Waals surface area contributed by atoms with Gasteiger partial charge in [0.25, 0.3) is 0 Å². The molecule has 1 aliphatic rings. The number of ether oxygens (including phenoxy) is 2. The molecule has 152 valence electrons. The van der Waals surface area contributed by atoms with Crippen molar-refractivity contribution in [1.29, 1.82) is 0 Å². The van der Waals surface area contributed by atoms with E-state index in [1.165, 1.54) is 0 Å². The van der Waals surface area contributed by atoms with Crippen LogP contribution in [0.2, 0.25) is 0 Å². The van der Waals surface area contributed by atoms with Crippen LogP contribution in [0, 0.1) is 6.92 Å². The van der Waals surface area contributed by atoms with Crippen molar-refractivity contribution in [3.05, 3.63) is 63.8 Å². The van der Waals surface area contributed by atoms with E-state index >= 15 is 0 Å². The Kier molecular flexibility index (Phi) is 6.04. The number of morpholine rings is 1. The van der Waals surface area contributed by atoms with Crippen LogP contribution in [0.3, 0.4) is 0 Å². The van der Waals surface area contributed by atoms with E-state index in [2.05, 4.69) is 31.5 Å². The molecule has 0 aliphatic carbocycles. The van der Waals surface area contributed by atoms with Crippen LogP contribution in [0.15, 0.2) is 46.9 Å². The fourth-order valence-electron chi connectivity index (χ4n) is 3.98. The monoisotopic (exact) mass is 456 g/mol. The van der Waals surface area contributed by atoms with Crippen molar-refractivity contribution >= 4 is 32.6 Å². The topological polar surface area (TPSA) is 43.7 Å². The molecule has 1 aliphatic heterocycles. The maximum atomic E-state index is 13.4. The highest BCUT2D eigenvalue weighted by Gasteiger charge is 2.22. The number of benzene rings is 2. The minimum absolute atomic E-state index is 0.0402. The Labute approximate surface area is 179 Å². The lowest BCUT2D eigenvalue weighted by molar-refractivity contribution is 0.0365. The molecule has 3 aromatic rings. The lowest BCUT2D eigenvalue weighted by Crippen LogP contribution is -2.38. The van der Waals surface area contributed by atoms with Crippen LogP contribution in [0.5, 0.6) is 5.75 Å². The quantitative estimate of drug-likeness (QED) is 0.519. The Morgan fingerprint density at radius 1 is 1.10 bits per heavy atom. The minimum atomic E-state index is 0.0402. The molecule has 1 aromatic heterocycles. The van der Waals surface area contributed by atoms with Gasteiger partial charge < -0.3 is 14.0 Å². The zero-order valence-corrected chi connectivity index (χ0v) is 18.4. The van der Waals surface area contributed by atoms with E-state index in [1.54, 1.807) is 7.11 Å². The Balaban J connectivity index is 1.71. The normalized spacial score (nSPS) is 15.0. The molecule has 5 nitrogen and oxygen atoms in total. The van der Waals surface area contributed by atoms with Gasteiger partial charge in [-0.05, 0) is 49.4 Å². The molecule has 1 fully saturated rings. The molecule has 0 saturated carbocycles. The molecule has 0 bridgehead atoms. The average molecular weight is 457 g/mol. The lowest BCUT2D eigenvalue weighted by Gasteiger charge is -2.27. The molecule has 1 saturated heterocycles. The van der Waals surface area contributed by atoms with Crippen LogP contribution in [-0.4, -0.2) is 55.2 Å². The predicted octanol–water partition coefficient (Wildman–Crippen LogP) is 4.28. The Bertz CT molecular complexity index is 1020. The lowest BCUT2D eigenvalue weighted by atomic mass is 10.0. The Morgan fingerprint density at radius 3 is 2.52 bits per heavy atom. The molecule has 2 heterocycles. The zero-order valence-electron chi connectivity index (χ0n) is 16.8. The van der Waals surface area contributed by atoms with E-state index < -0.39 is 0 Å². The van der Waals surface area contributed by atoms with E-state index in [0.29, 0.717) is 5.56 Å². The number of aromatic nitrogens is 1. The first-order valence-corrected chi connectivity index (χ1v) is 10.6. The summed E-state index contributed by atoms with van der Waals surface area (Å²) in [5, 5.41) is 0.986. The van der Waals surface area contributed by atoms with Gasteiger partial charge in [-0.2, -0.15) is 0 Å². The van der Waals surface area contributed by atoms with Gasteiger partial charge in [-0.1, -0.05) is 15.9 Å². The number of nitrogens with zero attached hydrogens (tertiary/aromatic N) is 2.